The molecule has 0 fully saturated rings. The van der Waals surface area contributed by atoms with Crippen molar-refractivity contribution in [2.45, 2.75) is 26.7 Å². The van der Waals surface area contributed by atoms with Gasteiger partial charge in [0.05, 0.1) is 0 Å². The summed E-state index contributed by atoms with van der Waals surface area (Å²) in [4.78, 5) is 0. The quantitative estimate of drug-likeness (QED) is 0.640. The Bertz CT molecular complexity index is 594. The summed E-state index contributed by atoms with van der Waals surface area (Å²) in [6.07, 6.45) is 0. The predicted octanol–water partition coefficient (Wildman–Crippen LogP) is 4.16. The molecule has 2 N–H and O–H groups in total. The first-order chi connectivity index (χ1) is 10.1. The Balaban J connectivity index is 1.81. The van der Waals surface area contributed by atoms with Gasteiger partial charge in [-0.05, 0) is 42.2 Å². The number of rotatable bonds is 6. The van der Waals surface area contributed by atoms with Crippen molar-refractivity contribution in [3.8, 4) is 11.5 Å². The molecule has 0 radical (unpaired) electrons. The van der Waals surface area contributed by atoms with Crippen molar-refractivity contribution >= 4 is 5.69 Å². The van der Waals surface area contributed by atoms with Gasteiger partial charge in [-0.25, -0.2) is 0 Å². The van der Waals surface area contributed by atoms with Crippen LogP contribution in [0.5, 0.6) is 11.5 Å². The van der Waals surface area contributed by atoms with Crippen molar-refractivity contribution in [2.24, 2.45) is 0 Å². The van der Waals surface area contributed by atoms with Crippen molar-refractivity contribution in [3.05, 3.63) is 53.6 Å². The van der Waals surface area contributed by atoms with Crippen LogP contribution in [0.3, 0.4) is 0 Å². The molecular weight excluding hydrogens is 262 g/mol. The lowest BCUT2D eigenvalue weighted by Gasteiger charge is -2.11. The summed E-state index contributed by atoms with van der Waals surface area (Å²) in [5, 5.41) is 0. The fourth-order valence-electron chi connectivity index (χ4n) is 1.99. The molecule has 0 saturated carbocycles. The Morgan fingerprint density at radius 1 is 0.952 bits per heavy atom. The maximum atomic E-state index is 5.85. The maximum Gasteiger partial charge on any atom is 0.122 e. The number of benzene rings is 2. The molecule has 3 nitrogen and oxygen atoms in total. The van der Waals surface area contributed by atoms with E-state index in [9.17, 15) is 0 Å². The van der Waals surface area contributed by atoms with Gasteiger partial charge in [0.2, 0.25) is 0 Å². The lowest BCUT2D eigenvalue weighted by atomic mass is 10.0. The van der Waals surface area contributed by atoms with E-state index in [0.717, 1.165) is 22.7 Å². The molecule has 2 aromatic carbocycles. The van der Waals surface area contributed by atoms with E-state index >= 15 is 0 Å². The van der Waals surface area contributed by atoms with Crippen molar-refractivity contribution in [1.29, 1.82) is 0 Å². The van der Waals surface area contributed by atoms with Crippen LogP contribution >= 0.6 is 0 Å². The second-order valence-corrected chi connectivity index (χ2v) is 5.44. The van der Waals surface area contributed by atoms with E-state index in [-0.39, 0.29) is 0 Å². The van der Waals surface area contributed by atoms with Gasteiger partial charge < -0.3 is 15.2 Å². The van der Waals surface area contributed by atoms with Gasteiger partial charge >= 0.3 is 0 Å². The first-order valence-electron chi connectivity index (χ1n) is 7.28. The van der Waals surface area contributed by atoms with Crippen LogP contribution in [0.15, 0.2) is 42.5 Å². The Labute approximate surface area is 126 Å². The molecule has 0 aromatic heterocycles. The molecule has 0 atom stereocenters. The summed E-state index contributed by atoms with van der Waals surface area (Å²) in [5.41, 5.74) is 8.93. The monoisotopic (exact) mass is 285 g/mol. The van der Waals surface area contributed by atoms with E-state index in [1.165, 1.54) is 5.56 Å². The van der Waals surface area contributed by atoms with Gasteiger partial charge in [0.1, 0.15) is 24.7 Å². The largest absolute Gasteiger partial charge is 0.490 e. The average Bonchev–Trinajstić information content (AvgIpc) is 2.47. The highest BCUT2D eigenvalue weighted by Gasteiger charge is 2.02. The van der Waals surface area contributed by atoms with E-state index in [1.807, 2.05) is 37.3 Å². The SMILES string of the molecule is Cc1ccc(OCCOc2cccc(C(C)C)c2)cc1N. The fourth-order valence-corrected chi connectivity index (χ4v) is 1.99. The van der Waals surface area contributed by atoms with Gasteiger partial charge in [-0.2, -0.15) is 0 Å². The van der Waals surface area contributed by atoms with Crippen LogP contribution in [0.4, 0.5) is 5.69 Å². The standard InChI is InChI=1S/C18H23NO2/c1-13(2)15-5-4-6-16(11-15)20-9-10-21-17-8-7-14(3)18(19)12-17/h4-8,11-13H,9-10,19H2,1-3H3. The number of ether oxygens (including phenoxy) is 2. The van der Waals surface area contributed by atoms with Crippen LogP contribution in [0.25, 0.3) is 0 Å². The van der Waals surface area contributed by atoms with Gasteiger partial charge in [-0.3, -0.25) is 0 Å². The lowest BCUT2D eigenvalue weighted by molar-refractivity contribution is 0.217. The third kappa shape index (κ3) is 4.42. The summed E-state index contributed by atoms with van der Waals surface area (Å²) in [5.74, 6) is 2.16. The first kappa shape index (κ1) is 15.2. The number of nitrogen functional groups attached to an aromatic ring is 1. The van der Waals surface area contributed by atoms with Gasteiger partial charge in [-0.1, -0.05) is 32.0 Å². The van der Waals surface area contributed by atoms with Crippen molar-refractivity contribution in [1.82, 2.24) is 0 Å². The zero-order valence-electron chi connectivity index (χ0n) is 12.9. The minimum Gasteiger partial charge on any atom is -0.490 e. The van der Waals surface area contributed by atoms with Gasteiger partial charge in [-0.15, -0.1) is 0 Å². The second-order valence-electron chi connectivity index (χ2n) is 5.44. The Hall–Kier alpha value is -2.16. The van der Waals surface area contributed by atoms with E-state index < -0.39 is 0 Å². The van der Waals surface area contributed by atoms with Crippen LogP contribution in [-0.4, -0.2) is 13.2 Å². The van der Waals surface area contributed by atoms with E-state index in [2.05, 4.69) is 26.0 Å². The third-order valence-corrected chi connectivity index (χ3v) is 3.40. The molecule has 2 rings (SSSR count). The summed E-state index contributed by atoms with van der Waals surface area (Å²) in [7, 11) is 0. The third-order valence-electron chi connectivity index (χ3n) is 3.40. The van der Waals surface area contributed by atoms with Crippen molar-refractivity contribution in [3.63, 3.8) is 0 Å². The van der Waals surface area contributed by atoms with E-state index in [0.29, 0.717) is 19.1 Å². The molecule has 21 heavy (non-hydrogen) atoms. The number of aryl methyl sites for hydroxylation is 1. The van der Waals surface area contributed by atoms with E-state index in [1.54, 1.807) is 0 Å². The Morgan fingerprint density at radius 2 is 1.62 bits per heavy atom. The highest BCUT2D eigenvalue weighted by atomic mass is 16.5. The summed E-state index contributed by atoms with van der Waals surface area (Å²) in [6, 6.07) is 13.9. The smallest absolute Gasteiger partial charge is 0.122 e. The molecule has 0 aliphatic rings. The number of anilines is 1. The van der Waals surface area contributed by atoms with Gasteiger partial charge in [0.15, 0.2) is 0 Å². The van der Waals surface area contributed by atoms with Crippen molar-refractivity contribution < 1.29 is 9.47 Å². The predicted molar refractivity (Wildman–Crippen MR) is 87.1 cm³/mol. The number of hydrogen-bond acceptors (Lipinski definition) is 3. The maximum absolute atomic E-state index is 5.85. The van der Waals surface area contributed by atoms with Gasteiger partial charge in [0, 0.05) is 11.8 Å². The lowest BCUT2D eigenvalue weighted by Crippen LogP contribution is -2.09. The van der Waals surface area contributed by atoms with Crippen LogP contribution in [0.2, 0.25) is 0 Å². The van der Waals surface area contributed by atoms with Gasteiger partial charge in [0.25, 0.3) is 0 Å². The van der Waals surface area contributed by atoms with Crippen LogP contribution in [0.1, 0.15) is 30.9 Å². The topological polar surface area (TPSA) is 44.5 Å². The summed E-state index contributed by atoms with van der Waals surface area (Å²) < 4.78 is 11.4. The number of nitrogens with two attached hydrogens (primary N) is 1. The molecule has 0 amide bonds. The molecule has 3 heteroatoms. The molecule has 0 aliphatic carbocycles. The zero-order chi connectivity index (χ0) is 15.2. The normalized spacial score (nSPS) is 10.7. The van der Waals surface area contributed by atoms with Crippen LogP contribution < -0.4 is 15.2 Å². The average molecular weight is 285 g/mol. The minimum absolute atomic E-state index is 0.494. The molecule has 112 valence electrons. The molecule has 0 unspecified atom stereocenters. The molecule has 0 heterocycles. The summed E-state index contributed by atoms with van der Waals surface area (Å²) >= 11 is 0. The first-order valence-corrected chi connectivity index (χ1v) is 7.28. The molecular formula is C18H23NO2. The van der Waals surface area contributed by atoms with Crippen molar-refractivity contribution in [2.75, 3.05) is 18.9 Å². The molecule has 0 bridgehead atoms. The summed E-state index contributed by atoms with van der Waals surface area (Å²) in [6.45, 7) is 7.32. The van der Waals surface area contributed by atoms with Crippen LogP contribution in [-0.2, 0) is 0 Å². The minimum atomic E-state index is 0.494. The fraction of sp³-hybridized carbons (Fsp3) is 0.333. The van der Waals surface area contributed by atoms with Crippen LogP contribution in [0, 0.1) is 6.92 Å². The Morgan fingerprint density at radius 3 is 2.24 bits per heavy atom. The zero-order valence-corrected chi connectivity index (χ0v) is 12.9. The highest BCUT2D eigenvalue weighted by molar-refractivity contribution is 5.50. The molecule has 0 aliphatic heterocycles. The van der Waals surface area contributed by atoms with E-state index in [4.69, 9.17) is 15.2 Å². The highest BCUT2D eigenvalue weighted by Crippen LogP contribution is 2.21. The number of hydrogen-bond donors (Lipinski definition) is 1. The Kier molecular flexibility index (Phi) is 5.09. The second kappa shape index (κ2) is 7.02. The molecule has 0 saturated heterocycles. The molecule has 2 aromatic rings. The molecule has 0 spiro atoms.